The summed E-state index contributed by atoms with van der Waals surface area (Å²) in [4.78, 5) is 23.6. The van der Waals surface area contributed by atoms with Crippen LogP contribution in [0.15, 0.2) is 30.3 Å². The second-order valence-corrected chi connectivity index (χ2v) is 4.87. The number of rotatable bonds is 6. The monoisotopic (exact) mass is 263 g/mol. The van der Waals surface area contributed by atoms with Gasteiger partial charge in [0.15, 0.2) is 6.04 Å². The molecule has 0 aliphatic heterocycles. The summed E-state index contributed by atoms with van der Waals surface area (Å²) in [6.45, 7) is 4.12. The molecule has 4 nitrogen and oxygen atoms in total. The van der Waals surface area contributed by atoms with E-state index in [9.17, 15) is 9.59 Å². The molecular weight excluding hydrogens is 242 g/mol. The molecule has 4 heteroatoms. The molecule has 1 aromatic carbocycles. The van der Waals surface area contributed by atoms with Crippen molar-refractivity contribution >= 4 is 11.9 Å². The number of ether oxygens (including phenoxy) is 1. The highest BCUT2D eigenvalue weighted by molar-refractivity contribution is 5.85. The largest absolute Gasteiger partial charge is 0.467 e. The zero-order valence-electron chi connectivity index (χ0n) is 11.7. The molecule has 0 heterocycles. The van der Waals surface area contributed by atoms with Crippen molar-refractivity contribution in [2.24, 2.45) is 5.92 Å². The Hall–Kier alpha value is -1.84. The summed E-state index contributed by atoms with van der Waals surface area (Å²) in [7, 11) is 1.32. The second kappa shape index (κ2) is 7.56. The number of hydrogen-bond acceptors (Lipinski definition) is 3. The van der Waals surface area contributed by atoms with E-state index in [1.807, 2.05) is 18.2 Å². The minimum absolute atomic E-state index is 0.132. The summed E-state index contributed by atoms with van der Waals surface area (Å²) >= 11 is 0. The van der Waals surface area contributed by atoms with Gasteiger partial charge in [-0.05, 0) is 17.9 Å². The lowest BCUT2D eigenvalue weighted by molar-refractivity contribution is -0.145. The zero-order valence-corrected chi connectivity index (χ0v) is 11.7. The van der Waals surface area contributed by atoms with Gasteiger partial charge in [-0.2, -0.15) is 0 Å². The average Bonchev–Trinajstić information content (AvgIpc) is 2.42. The third kappa shape index (κ3) is 5.12. The van der Waals surface area contributed by atoms with Gasteiger partial charge in [-0.3, -0.25) is 4.79 Å². The number of methoxy groups -OCH3 is 1. The Bertz CT molecular complexity index is 415. The van der Waals surface area contributed by atoms with Crippen molar-refractivity contribution in [3.63, 3.8) is 0 Å². The van der Waals surface area contributed by atoms with Gasteiger partial charge in [-0.15, -0.1) is 0 Å². The quantitative estimate of drug-likeness (QED) is 0.802. The molecule has 104 valence electrons. The van der Waals surface area contributed by atoms with Crippen LogP contribution in [0, 0.1) is 5.92 Å². The molecule has 19 heavy (non-hydrogen) atoms. The molecule has 0 aliphatic carbocycles. The third-order valence-electron chi connectivity index (χ3n) is 2.82. The second-order valence-electron chi connectivity index (χ2n) is 4.87. The van der Waals surface area contributed by atoms with Crippen molar-refractivity contribution in [2.75, 3.05) is 7.11 Å². The lowest BCUT2D eigenvalue weighted by Gasteiger charge is -2.17. The van der Waals surface area contributed by atoms with E-state index in [1.54, 1.807) is 12.1 Å². The van der Waals surface area contributed by atoms with Crippen LogP contribution in [0.4, 0.5) is 0 Å². The van der Waals surface area contributed by atoms with Crippen LogP contribution in [0.1, 0.15) is 38.3 Å². The van der Waals surface area contributed by atoms with E-state index in [-0.39, 0.29) is 5.91 Å². The van der Waals surface area contributed by atoms with E-state index < -0.39 is 12.0 Å². The average molecular weight is 263 g/mol. The highest BCUT2D eigenvalue weighted by atomic mass is 16.5. The van der Waals surface area contributed by atoms with Gasteiger partial charge in [0.25, 0.3) is 0 Å². The maximum Gasteiger partial charge on any atom is 0.333 e. The summed E-state index contributed by atoms with van der Waals surface area (Å²) in [5, 5.41) is 2.73. The highest BCUT2D eigenvalue weighted by Gasteiger charge is 2.23. The Labute approximate surface area is 114 Å². The van der Waals surface area contributed by atoms with Gasteiger partial charge in [0, 0.05) is 6.42 Å². The molecule has 0 fully saturated rings. The molecule has 1 N–H and O–H groups in total. The molecule has 0 spiro atoms. The Morgan fingerprint density at radius 2 is 1.84 bits per heavy atom. The first-order chi connectivity index (χ1) is 9.04. The number of nitrogens with one attached hydrogen (secondary N) is 1. The zero-order chi connectivity index (χ0) is 14.3. The number of amides is 1. The number of benzene rings is 1. The Morgan fingerprint density at radius 1 is 1.21 bits per heavy atom. The molecule has 1 aromatic rings. The van der Waals surface area contributed by atoms with Gasteiger partial charge in [0.2, 0.25) is 5.91 Å². The molecule has 0 radical (unpaired) electrons. The van der Waals surface area contributed by atoms with Crippen LogP contribution >= 0.6 is 0 Å². The molecular formula is C15H21NO3. The van der Waals surface area contributed by atoms with Crippen molar-refractivity contribution in [1.29, 1.82) is 0 Å². The highest BCUT2D eigenvalue weighted by Crippen LogP contribution is 2.15. The molecule has 0 bridgehead atoms. The number of esters is 1. The first-order valence-corrected chi connectivity index (χ1v) is 6.46. The standard InChI is InChI=1S/C15H21NO3/c1-11(2)9-10-13(17)16-14(15(18)19-3)12-7-5-4-6-8-12/h4-8,11,14H,9-10H2,1-3H3,(H,16,17)/t14-/m0/s1. The van der Waals surface area contributed by atoms with Crippen LogP contribution in [-0.2, 0) is 14.3 Å². The van der Waals surface area contributed by atoms with Gasteiger partial charge < -0.3 is 10.1 Å². The molecule has 0 aliphatic rings. The van der Waals surface area contributed by atoms with Crippen LogP contribution in [0.3, 0.4) is 0 Å². The van der Waals surface area contributed by atoms with E-state index >= 15 is 0 Å². The minimum Gasteiger partial charge on any atom is -0.467 e. The number of carbonyl (C=O) groups is 2. The Kier molecular flexibility index (Phi) is 6.06. The summed E-state index contributed by atoms with van der Waals surface area (Å²) in [6.07, 6.45) is 1.21. The van der Waals surface area contributed by atoms with E-state index in [0.29, 0.717) is 12.3 Å². The van der Waals surface area contributed by atoms with Crippen molar-refractivity contribution in [3.8, 4) is 0 Å². The van der Waals surface area contributed by atoms with Gasteiger partial charge in [-0.25, -0.2) is 4.79 Å². The molecule has 0 saturated carbocycles. The minimum atomic E-state index is -0.731. The number of hydrogen-bond donors (Lipinski definition) is 1. The Morgan fingerprint density at radius 3 is 2.37 bits per heavy atom. The van der Waals surface area contributed by atoms with Crippen molar-refractivity contribution in [3.05, 3.63) is 35.9 Å². The topological polar surface area (TPSA) is 55.4 Å². The molecule has 0 unspecified atom stereocenters. The van der Waals surface area contributed by atoms with Gasteiger partial charge in [0.1, 0.15) is 0 Å². The van der Waals surface area contributed by atoms with Crippen LogP contribution in [0.5, 0.6) is 0 Å². The van der Waals surface area contributed by atoms with Crippen LogP contribution in [0.25, 0.3) is 0 Å². The van der Waals surface area contributed by atoms with Crippen molar-refractivity contribution in [2.45, 2.75) is 32.7 Å². The fraction of sp³-hybridized carbons (Fsp3) is 0.467. The van der Waals surface area contributed by atoms with E-state index in [0.717, 1.165) is 12.0 Å². The summed E-state index contributed by atoms with van der Waals surface area (Å²) < 4.78 is 4.74. The SMILES string of the molecule is COC(=O)[C@@H](NC(=O)CCC(C)C)c1ccccc1. The molecule has 0 saturated heterocycles. The van der Waals surface area contributed by atoms with Gasteiger partial charge in [-0.1, -0.05) is 44.2 Å². The fourth-order valence-electron chi connectivity index (χ4n) is 1.69. The predicted octanol–water partition coefficient (Wildman–Crippen LogP) is 2.45. The van der Waals surface area contributed by atoms with Crippen molar-refractivity contribution < 1.29 is 14.3 Å². The molecule has 1 atom stereocenters. The summed E-state index contributed by atoms with van der Waals surface area (Å²) in [6, 6.07) is 8.37. The van der Waals surface area contributed by atoms with E-state index in [2.05, 4.69) is 19.2 Å². The van der Waals surface area contributed by atoms with Gasteiger partial charge in [0.05, 0.1) is 7.11 Å². The first kappa shape index (κ1) is 15.2. The van der Waals surface area contributed by atoms with Crippen molar-refractivity contribution in [1.82, 2.24) is 5.32 Å². The third-order valence-corrected chi connectivity index (χ3v) is 2.82. The molecule has 0 aromatic heterocycles. The van der Waals surface area contributed by atoms with Crippen LogP contribution < -0.4 is 5.32 Å². The van der Waals surface area contributed by atoms with Gasteiger partial charge >= 0.3 is 5.97 Å². The normalized spacial score (nSPS) is 12.0. The van der Waals surface area contributed by atoms with Crippen LogP contribution in [-0.4, -0.2) is 19.0 Å². The Balaban J connectivity index is 2.71. The maximum absolute atomic E-state index is 11.8. The van der Waals surface area contributed by atoms with E-state index in [4.69, 9.17) is 4.74 Å². The smallest absolute Gasteiger partial charge is 0.333 e. The number of carbonyl (C=O) groups excluding carboxylic acids is 2. The summed E-state index contributed by atoms with van der Waals surface area (Å²) in [5.41, 5.74) is 0.729. The van der Waals surface area contributed by atoms with Crippen LogP contribution in [0.2, 0.25) is 0 Å². The fourth-order valence-corrected chi connectivity index (χ4v) is 1.69. The van der Waals surface area contributed by atoms with E-state index in [1.165, 1.54) is 7.11 Å². The lowest BCUT2D eigenvalue weighted by atomic mass is 10.1. The predicted molar refractivity (Wildman–Crippen MR) is 73.4 cm³/mol. The molecule has 1 rings (SSSR count). The summed E-state index contributed by atoms with van der Waals surface area (Å²) in [5.74, 6) is -0.129. The molecule has 1 amide bonds. The first-order valence-electron chi connectivity index (χ1n) is 6.46. The lowest BCUT2D eigenvalue weighted by Crippen LogP contribution is -2.34. The maximum atomic E-state index is 11.8.